The number of aliphatic carboxylic acids is 1. The van der Waals surface area contributed by atoms with E-state index in [0.29, 0.717) is 11.5 Å². The standard InChI is InChI=1S/C15H24ClN3O4/c1-5-6-7-11-17-9(12(16)19-11)8-10(13(20)21)18-14(22)23-15(2,3)4/h10H,5-8H2,1-4H3,(H,17,19)(H,18,22)(H,20,21). The fraction of sp³-hybridized carbons (Fsp3) is 0.667. The Morgan fingerprint density at radius 1 is 1.43 bits per heavy atom. The highest BCUT2D eigenvalue weighted by Crippen LogP contribution is 2.16. The highest BCUT2D eigenvalue weighted by Gasteiger charge is 2.26. The number of nitrogens with zero attached hydrogens (tertiary/aromatic N) is 1. The third-order valence-corrected chi connectivity index (χ3v) is 3.25. The smallest absolute Gasteiger partial charge is 0.408 e. The molecule has 1 heterocycles. The number of aromatic nitrogens is 2. The van der Waals surface area contributed by atoms with Gasteiger partial charge in [0, 0.05) is 12.8 Å². The molecule has 1 aromatic rings. The van der Waals surface area contributed by atoms with Crippen LogP contribution in [0.3, 0.4) is 0 Å². The highest BCUT2D eigenvalue weighted by molar-refractivity contribution is 6.30. The summed E-state index contributed by atoms with van der Waals surface area (Å²) in [6.45, 7) is 7.17. The van der Waals surface area contributed by atoms with Crippen molar-refractivity contribution in [3.05, 3.63) is 16.7 Å². The number of nitrogens with one attached hydrogen (secondary N) is 2. The van der Waals surface area contributed by atoms with E-state index in [-0.39, 0.29) is 11.6 Å². The van der Waals surface area contributed by atoms with Crippen LogP contribution in [0, 0.1) is 0 Å². The average molecular weight is 346 g/mol. The molecule has 0 spiro atoms. The molecule has 0 aliphatic carbocycles. The number of aromatic amines is 1. The minimum Gasteiger partial charge on any atom is -0.480 e. The molecular formula is C15H24ClN3O4. The Morgan fingerprint density at radius 2 is 2.09 bits per heavy atom. The first-order chi connectivity index (χ1) is 10.6. The van der Waals surface area contributed by atoms with Crippen molar-refractivity contribution in [2.24, 2.45) is 0 Å². The summed E-state index contributed by atoms with van der Waals surface area (Å²) in [5.74, 6) is -0.454. The molecule has 1 aromatic heterocycles. The maximum Gasteiger partial charge on any atom is 0.408 e. The molecule has 0 radical (unpaired) electrons. The molecule has 7 nitrogen and oxygen atoms in total. The van der Waals surface area contributed by atoms with Crippen molar-refractivity contribution >= 4 is 23.7 Å². The van der Waals surface area contributed by atoms with Crippen LogP contribution in [-0.4, -0.2) is 38.8 Å². The van der Waals surface area contributed by atoms with Crippen molar-refractivity contribution in [1.29, 1.82) is 0 Å². The molecule has 8 heteroatoms. The topological polar surface area (TPSA) is 104 Å². The van der Waals surface area contributed by atoms with E-state index in [1.807, 2.05) is 0 Å². The molecule has 1 unspecified atom stereocenters. The number of halogens is 1. The van der Waals surface area contributed by atoms with E-state index < -0.39 is 23.7 Å². The minimum absolute atomic E-state index is 0.00648. The predicted octanol–water partition coefficient (Wildman–Crippen LogP) is 2.93. The third kappa shape index (κ3) is 6.90. The Kier molecular flexibility index (Phi) is 6.87. The predicted molar refractivity (Wildman–Crippen MR) is 86.7 cm³/mol. The molecule has 0 bridgehead atoms. The molecule has 0 saturated heterocycles. The van der Waals surface area contributed by atoms with Gasteiger partial charge in [-0.15, -0.1) is 0 Å². The van der Waals surface area contributed by atoms with Crippen molar-refractivity contribution in [3.63, 3.8) is 0 Å². The number of hydrogen-bond donors (Lipinski definition) is 3. The largest absolute Gasteiger partial charge is 0.480 e. The Hall–Kier alpha value is -1.76. The lowest BCUT2D eigenvalue weighted by Gasteiger charge is -2.21. The maximum atomic E-state index is 11.7. The number of carboxylic acid groups (broad SMARTS) is 1. The van der Waals surface area contributed by atoms with Gasteiger partial charge in [-0.2, -0.15) is 0 Å². The molecule has 0 fully saturated rings. The van der Waals surface area contributed by atoms with Crippen LogP contribution < -0.4 is 5.32 Å². The summed E-state index contributed by atoms with van der Waals surface area (Å²) in [4.78, 5) is 30.3. The van der Waals surface area contributed by atoms with E-state index >= 15 is 0 Å². The van der Waals surface area contributed by atoms with Gasteiger partial charge in [0.25, 0.3) is 0 Å². The normalized spacial score (nSPS) is 12.7. The molecule has 1 rings (SSSR count). The van der Waals surface area contributed by atoms with Gasteiger partial charge in [0.15, 0.2) is 0 Å². The van der Waals surface area contributed by atoms with Crippen LogP contribution in [0.2, 0.25) is 5.15 Å². The Morgan fingerprint density at radius 3 is 2.61 bits per heavy atom. The van der Waals surface area contributed by atoms with Crippen molar-refractivity contribution in [2.45, 2.75) is 65.0 Å². The molecule has 0 aliphatic rings. The molecule has 23 heavy (non-hydrogen) atoms. The van der Waals surface area contributed by atoms with Crippen molar-refractivity contribution in [2.75, 3.05) is 0 Å². The molecular weight excluding hydrogens is 322 g/mol. The summed E-state index contributed by atoms with van der Waals surface area (Å²) in [6, 6.07) is -1.15. The van der Waals surface area contributed by atoms with Crippen LogP contribution in [0.1, 0.15) is 52.1 Å². The zero-order chi connectivity index (χ0) is 17.6. The number of ether oxygens (including phenoxy) is 1. The lowest BCUT2D eigenvalue weighted by Crippen LogP contribution is -2.44. The fourth-order valence-electron chi connectivity index (χ4n) is 1.89. The van der Waals surface area contributed by atoms with Gasteiger partial charge in [0.05, 0.1) is 5.69 Å². The van der Waals surface area contributed by atoms with Gasteiger partial charge in [-0.25, -0.2) is 14.6 Å². The number of carbonyl (C=O) groups excluding carboxylic acids is 1. The van der Waals surface area contributed by atoms with Crippen LogP contribution in [0.25, 0.3) is 0 Å². The second kappa shape index (κ2) is 8.19. The fourth-order valence-corrected chi connectivity index (χ4v) is 2.12. The van der Waals surface area contributed by atoms with Crippen LogP contribution in [0.4, 0.5) is 4.79 Å². The zero-order valence-corrected chi connectivity index (χ0v) is 14.7. The molecule has 0 aliphatic heterocycles. The van der Waals surface area contributed by atoms with E-state index in [1.54, 1.807) is 20.8 Å². The van der Waals surface area contributed by atoms with Crippen LogP contribution >= 0.6 is 11.6 Å². The number of rotatable bonds is 7. The van der Waals surface area contributed by atoms with E-state index in [1.165, 1.54) is 0 Å². The van der Waals surface area contributed by atoms with Gasteiger partial charge in [0.2, 0.25) is 0 Å². The highest BCUT2D eigenvalue weighted by atomic mass is 35.5. The van der Waals surface area contributed by atoms with Gasteiger partial charge < -0.3 is 20.1 Å². The third-order valence-electron chi connectivity index (χ3n) is 2.94. The van der Waals surface area contributed by atoms with Gasteiger partial charge >= 0.3 is 12.1 Å². The number of aryl methyl sites for hydroxylation is 1. The van der Waals surface area contributed by atoms with Crippen LogP contribution in [0.15, 0.2) is 0 Å². The molecule has 1 amide bonds. The lowest BCUT2D eigenvalue weighted by molar-refractivity contribution is -0.139. The monoisotopic (exact) mass is 345 g/mol. The summed E-state index contributed by atoms with van der Waals surface area (Å²) in [6.07, 6.45) is 1.94. The first-order valence-corrected chi connectivity index (χ1v) is 7.95. The second-order valence-electron chi connectivity index (χ2n) is 6.30. The lowest BCUT2D eigenvalue weighted by atomic mass is 10.1. The molecule has 1 atom stereocenters. The number of alkyl carbamates (subject to hydrolysis) is 1. The van der Waals surface area contributed by atoms with Crippen LogP contribution in [0.5, 0.6) is 0 Å². The number of carbonyl (C=O) groups is 2. The number of carboxylic acids is 1. The maximum absolute atomic E-state index is 11.7. The molecule has 3 N–H and O–H groups in total. The molecule has 130 valence electrons. The van der Waals surface area contributed by atoms with Gasteiger partial charge in [-0.3, -0.25) is 0 Å². The summed E-state index contributed by atoms with van der Waals surface area (Å²) in [5.41, 5.74) is -0.215. The van der Waals surface area contributed by atoms with E-state index in [0.717, 1.165) is 19.3 Å². The quantitative estimate of drug-likeness (QED) is 0.704. The van der Waals surface area contributed by atoms with E-state index in [2.05, 4.69) is 22.2 Å². The van der Waals surface area contributed by atoms with E-state index in [4.69, 9.17) is 16.3 Å². The minimum atomic E-state index is -1.17. The Bertz CT molecular complexity index is 551. The average Bonchev–Trinajstić information content (AvgIpc) is 2.74. The first-order valence-electron chi connectivity index (χ1n) is 7.58. The van der Waals surface area contributed by atoms with E-state index in [9.17, 15) is 14.7 Å². The summed E-state index contributed by atoms with van der Waals surface area (Å²) in [7, 11) is 0. The number of unbranched alkanes of at least 4 members (excludes halogenated alkanes) is 1. The van der Waals surface area contributed by atoms with Gasteiger partial charge in [-0.1, -0.05) is 24.9 Å². The van der Waals surface area contributed by atoms with Gasteiger partial charge in [-0.05, 0) is 27.2 Å². The summed E-state index contributed by atoms with van der Waals surface area (Å²) >= 11 is 6.04. The molecule has 0 saturated carbocycles. The molecule has 0 aromatic carbocycles. The number of amides is 1. The number of hydrogen-bond acceptors (Lipinski definition) is 4. The second-order valence-corrected chi connectivity index (χ2v) is 6.66. The first kappa shape index (κ1) is 19.3. The van der Waals surface area contributed by atoms with Crippen molar-refractivity contribution in [1.82, 2.24) is 15.3 Å². The summed E-state index contributed by atoms with van der Waals surface area (Å²) in [5, 5.41) is 11.8. The summed E-state index contributed by atoms with van der Waals surface area (Å²) < 4.78 is 5.07. The Balaban J connectivity index is 2.74. The van der Waals surface area contributed by atoms with Crippen LogP contribution in [-0.2, 0) is 22.4 Å². The van der Waals surface area contributed by atoms with Crippen molar-refractivity contribution < 1.29 is 19.4 Å². The number of imidazole rings is 1. The van der Waals surface area contributed by atoms with Gasteiger partial charge in [0.1, 0.15) is 22.6 Å². The zero-order valence-electron chi connectivity index (χ0n) is 13.9. The SMILES string of the molecule is CCCCc1nc(Cl)c(CC(NC(=O)OC(C)(C)C)C(=O)O)[nH]1. The Labute approximate surface area is 140 Å². The van der Waals surface area contributed by atoms with Crippen molar-refractivity contribution in [3.8, 4) is 0 Å². The number of H-pyrrole nitrogens is 1.